The Bertz CT molecular complexity index is 1040. The highest BCUT2D eigenvalue weighted by atomic mass is 32.2. The van der Waals surface area contributed by atoms with Gasteiger partial charge in [0.1, 0.15) is 0 Å². The molecule has 136 valence electrons. The summed E-state index contributed by atoms with van der Waals surface area (Å²) in [6.45, 7) is 2.06. The summed E-state index contributed by atoms with van der Waals surface area (Å²) in [7, 11) is 0. The fourth-order valence-corrected chi connectivity index (χ4v) is 4.27. The van der Waals surface area contributed by atoms with Gasteiger partial charge in [0.05, 0.1) is 16.7 Å². The van der Waals surface area contributed by atoms with Crippen molar-refractivity contribution in [2.45, 2.75) is 18.9 Å². The fraction of sp³-hybridized carbons (Fsp3) is 0.190. The minimum atomic E-state index is -0.394. The number of aromatic nitrogens is 1. The molecule has 3 aromatic rings. The van der Waals surface area contributed by atoms with Crippen LogP contribution in [-0.2, 0) is 5.54 Å². The molecule has 0 bridgehead atoms. The van der Waals surface area contributed by atoms with E-state index in [0.29, 0.717) is 10.7 Å². The third kappa shape index (κ3) is 3.53. The first-order valence-electron chi connectivity index (χ1n) is 8.79. The molecule has 0 fully saturated rings. The summed E-state index contributed by atoms with van der Waals surface area (Å²) in [5.74, 6) is 0.768. The number of nitrogens with zero attached hydrogens (tertiary/aromatic N) is 2. The second-order valence-electron chi connectivity index (χ2n) is 6.73. The molecular weight excluding hydrogens is 356 g/mol. The van der Waals surface area contributed by atoms with Crippen LogP contribution < -0.4 is 11.1 Å². The normalized spacial score (nSPS) is 19.5. The molecule has 0 saturated carbocycles. The lowest BCUT2D eigenvalue weighted by molar-refractivity contribution is 0.102. The van der Waals surface area contributed by atoms with Gasteiger partial charge < -0.3 is 11.1 Å². The van der Waals surface area contributed by atoms with E-state index in [4.69, 9.17) is 5.73 Å². The van der Waals surface area contributed by atoms with Gasteiger partial charge in [-0.15, -0.1) is 0 Å². The van der Waals surface area contributed by atoms with E-state index in [9.17, 15) is 4.79 Å². The van der Waals surface area contributed by atoms with E-state index in [1.165, 1.54) is 0 Å². The van der Waals surface area contributed by atoms with Crippen molar-refractivity contribution in [2.75, 3.05) is 11.1 Å². The van der Waals surface area contributed by atoms with Crippen molar-refractivity contribution in [1.82, 2.24) is 4.98 Å². The Hall–Kier alpha value is -2.86. The van der Waals surface area contributed by atoms with Gasteiger partial charge in [-0.1, -0.05) is 30.0 Å². The van der Waals surface area contributed by atoms with E-state index in [2.05, 4.69) is 22.2 Å². The van der Waals surface area contributed by atoms with Crippen molar-refractivity contribution in [3.63, 3.8) is 0 Å². The van der Waals surface area contributed by atoms with Gasteiger partial charge >= 0.3 is 0 Å². The SMILES string of the molecule is CC1(c2cccc(C(=O)Nc3cccc4ncccc34)c2)CCSC(N)=N1. The van der Waals surface area contributed by atoms with Gasteiger partial charge in [-0.05, 0) is 55.3 Å². The van der Waals surface area contributed by atoms with Crippen LogP contribution in [0.1, 0.15) is 29.3 Å². The Kier molecular flexibility index (Phi) is 4.58. The molecule has 6 heteroatoms. The topological polar surface area (TPSA) is 80.4 Å². The number of nitrogens with one attached hydrogen (secondary N) is 1. The zero-order chi connectivity index (χ0) is 18.9. The van der Waals surface area contributed by atoms with Gasteiger partial charge in [0.15, 0.2) is 5.17 Å². The molecule has 0 spiro atoms. The molecule has 1 aromatic heterocycles. The number of carbonyl (C=O) groups excluding carboxylic acids is 1. The van der Waals surface area contributed by atoms with Gasteiger partial charge in [-0.25, -0.2) is 0 Å². The summed E-state index contributed by atoms with van der Waals surface area (Å²) in [4.78, 5) is 21.8. The van der Waals surface area contributed by atoms with Gasteiger partial charge in [-0.3, -0.25) is 14.8 Å². The molecule has 1 aliphatic rings. The van der Waals surface area contributed by atoms with E-state index < -0.39 is 5.54 Å². The average molecular weight is 376 g/mol. The fourth-order valence-electron chi connectivity index (χ4n) is 3.30. The molecule has 2 aromatic carbocycles. The first kappa shape index (κ1) is 17.5. The van der Waals surface area contributed by atoms with Gasteiger partial charge in [0, 0.05) is 22.9 Å². The number of hydrogen-bond acceptors (Lipinski definition) is 5. The number of amidine groups is 1. The Morgan fingerprint density at radius 2 is 2.04 bits per heavy atom. The van der Waals surface area contributed by atoms with Gasteiger partial charge in [0.2, 0.25) is 0 Å². The summed E-state index contributed by atoms with van der Waals surface area (Å²) in [5.41, 5.74) is 8.73. The molecule has 27 heavy (non-hydrogen) atoms. The maximum absolute atomic E-state index is 12.9. The smallest absolute Gasteiger partial charge is 0.255 e. The summed E-state index contributed by atoms with van der Waals surface area (Å²) >= 11 is 1.57. The average Bonchev–Trinajstić information content (AvgIpc) is 2.68. The second kappa shape index (κ2) is 7.04. The van der Waals surface area contributed by atoms with E-state index >= 15 is 0 Å². The number of fused-ring (bicyclic) bond motifs is 1. The number of rotatable bonds is 3. The number of thioether (sulfide) groups is 1. The van der Waals surface area contributed by atoms with Crippen molar-refractivity contribution in [3.05, 3.63) is 71.9 Å². The highest BCUT2D eigenvalue weighted by Gasteiger charge is 2.29. The van der Waals surface area contributed by atoms with Crippen LogP contribution in [0.3, 0.4) is 0 Å². The molecule has 1 unspecified atom stereocenters. The Morgan fingerprint density at radius 1 is 1.19 bits per heavy atom. The number of benzene rings is 2. The second-order valence-corrected chi connectivity index (χ2v) is 7.85. The highest BCUT2D eigenvalue weighted by molar-refractivity contribution is 8.13. The Labute approximate surface area is 162 Å². The van der Waals surface area contributed by atoms with Crippen molar-refractivity contribution < 1.29 is 4.79 Å². The maximum atomic E-state index is 12.9. The zero-order valence-corrected chi connectivity index (χ0v) is 15.8. The molecule has 0 aliphatic carbocycles. The Morgan fingerprint density at radius 3 is 2.89 bits per heavy atom. The van der Waals surface area contributed by atoms with E-state index in [-0.39, 0.29) is 5.91 Å². The summed E-state index contributed by atoms with van der Waals surface area (Å²) < 4.78 is 0. The molecule has 2 heterocycles. The molecule has 1 amide bonds. The quantitative estimate of drug-likeness (QED) is 0.719. The summed E-state index contributed by atoms with van der Waals surface area (Å²) in [6.07, 6.45) is 2.63. The van der Waals surface area contributed by atoms with E-state index in [0.717, 1.165) is 34.3 Å². The summed E-state index contributed by atoms with van der Waals surface area (Å²) in [6, 6.07) is 17.1. The van der Waals surface area contributed by atoms with Crippen LogP contribution in [-0.4, -0.2) is 21.8 Å². The predicted octanol–water partition coefficient (Wildman–Crippen LogP) is 4.15. The minimum absolute atomic E-state index is 0.154. The van der Waals surface area contributed by atoms with E-state index in [1.54, 1.807) is 18.0 Å². The zero-order valence-electron chi connectivity index (χ0n) is 15.0. The van der Waals surface area contributed by atoms with E-state index in [1.807, 2.05) is 54.6 Å². The number of pyridine rings is 1. The number of amides is 1. The van der Waals surface area contributed by atoms with Crippen LogP contribution >= 0.6 is 11.8 Å². The van der Waals surface area contributed by atoms with Crippen molar-refractivity contribution in [3.8, 4) is 0 Å². The van der Waals surface area contributed by atoms with Crippen LogP contribution in [0.4, 0.5) is 5.69 Å². The van der Waals surface area contributed by atoms with Crippen LogP contribution in [0.5, 0.6) is 0 Å². The number of nitrogens with two attached hydrogens (primary N) is 1. The molecular formula is C21H20N4OS. The molecule has 4 rings (SSSR count). The minimum Gasteiger partial charge on any atom is -0.379 e. The number of aliphatic imine (C=N–C) groups is 1. The largest absolute Gasteiger partial charge is 0.379 e. The monoisotopic (exact) mass is 376 g/mol. The third-order valence-electron chi connectivity index (χ3n) is 4.84. The maximum Gasteiger partial charge on any atom is 0.255 e. The number of anilines is 1. The van der Waals surface area contributed by atoms with Crippen molar-refractivity contribution in [2.24, 2.45) is 10.7 Å². The molecule has 1 aliphatic heterocycles. The third-order valence-corrected chi connectivity index (χ3v) is 5.63. The molecule has 1 atom stereocenters. The van der Waals surface area contributed by atoms with Gasteiger partial charge in [0.25, 0.3) is 5.91 Å². The molecule has 5 nitrogen and oxygen atoms in total. The van der Waals surface area contributed by atoms with Crippen LogP contribution in [0.2, 0.25) is 0 Å². The number of hydrogen-bond donors (Lipinski definition) is 2. The lowest BCUT2D eigenvalue weighted by Gasteiger charge is -2.30. The lowest BCUT2D eigenvalue weighted by atomic mass is 9.88. The first-order valence-corrected chi connectivity index (χ1v) is 9.77. The first-order chi connectivity index (χ1) is 13.0. The highest BCUT2D eigenvalue weighted by Crippen LogP contribution is 2.35. The molecule has 0 saturated heterocycles. The lowest BCUT2D eigenvalue weighted by Crippen LogP contribution is -2.29. The van der Waals surface area contributed by atoms with Crippen LogP contribution in [0.25, 0.3) is 10.9 Å². The summed E-state index contributed by atoms with van der Waals surface area (Å²) in [5, 5.41) is 4.52. The standard InChI is InChI=1S/C21H20N4OS/c1-21(10-12-27-20(22)25-21)15-6-2-5-14(13-15)19(26)24-18-9-3-8-17-16(18)7-4-11-23-17/h2-9,11,13H,10,12H2,1H3,(H2,22,25)(H,24,26). The van der Waals surface area contributed by atoms with Crippen molar-refractivity contribution >= 4 is 39.4 Å². The van der Waals surface area contributed by atoms with Crippen LogP contribution in [0.15, 0.2) is 65.8 Å². The Balaban J connectivity index is 1.64. The molecule has 0 radical (unpaired) electrons. The van der Waals surface area contributed by atoms with Crippen LogP contribution in [0, 0.1) is 0 Å². The number of carbonyl (C=O) groups is 1. The van der Waals surface area contributed by atoms with Crippen molar-refractivity contribution in [1.29, 1.82) is 0 Å². The molecule has 3 N–H and O–H groups in total. The predicted molar refractivity (Wildman–Crippen MR) is 112 cm³/mol. The van der Waals surface area contributed by atoms with Gasteiger partial charge in [-0.2, -0.15) is 0 Å².